The first kappa shape index (κ1) is 15.9. The van der Waals surface area contributed by atoms with Crippen LogP contribution in [0.4, 0.5) is 0 Å². The van der Waals surface area contributed by atoms with Gasteiger partial charge >= 0.3 is 0 Å². The average molecular weight is 296 g/mol. The Morgan fingerprint density at radius 2 is 1.85 bits per heavy atom. The maximum atomic E-state index is 4.75. The van der Waals surface area contributed by atoms with Crippen molar-refractivity contribution in [3.63, 3.8) is 0 Å². The molecule has 2 rings (SSSR count). The van der Waals surface area contributed by atoms with Crippen molar-refractivity contribution in [3.05, 3.63) is 15.6 Å². The lowest BCUT2D eigenvalue weighted by molar-refractivity contribution is 0.132. The largest absolute Gasteiger partial charge is 0.312 e. The van der Waals surface area contributed by atoms with Crippen LogP contribution in [0.15, 0.2) is 0 Å². The van der Waals surface area contributed by atoms with E-state index in [-0.39, 0.29) is 0 Å². The van der Waals surface area contributed by atoms with Gasteiger partial charge in [-0.2, -0.15) is 0 Å². The van der Waals surface area contributed by atoms with Crippen molar-refractivity contribution in [1.29, 1.82) is 0 Å². The van der Waals surface area contributed by atoms with Crippen LogP contribution in [0, 0.1) is 6.92 Å². The minimum Gasteiger partial charge on any atom is -0.312 e. The van der Waals surface area contributed by atoms with Gasteiger partial charge in [-0.15, -0.1) is 11.3 Å². The fraction of sp³-hybridized carbons (Fsp3) is 0.800. The molecule has 0 aliphatic carbocycles. The van der Waals surface area contributed by atoms with Gasteiger partial charge in [0.1, 0.15) is 5.01 Å². The van der Waals surface area contributed by atoms with Crippen molar-refractivity contribution >= 4 is 11.3 Å². The van der Waals surface area contributed by atoms with E-state index in [0.717, 1.165) is 19.6 Å². The quantitative estimate of drug-likeness (QED) is 0.781. The fourth-order valence-electron chi connectivity index (χ4n) is 2.55. The fourth-order valence-corrected chi connectivity index (χ4v) is 3.64. The molecule has 4 nitrogen and oxygen atoms in total. The van der Waals surface area contributed by atoms with Crippen molar-refractivity contribution in [2.75, 3.05) is 39.3 Å². The summed E-state index contributed by atoms with van der Waals surface area (Å²) in [5.41, 5.74) is 1.21. The van der Waals surface area contributed by atoms with Crippen LogP contribution < -0.4 is 5.32 Å². The molecule has 0 unspecified atom stereocenters. The summed E-state index contributed by atoms with van der Waals surface area (Å²) < 4.78 is 0. The lowest BCUT2D eigenvalue weighted by atomic mass is 10.3. The molecule has 1 aliphatic heterocycles. The number of aryl methyl sites for hydroxylation is 1. The Labute approximate surface area is 127 Å². The number of nitrogens with one attached hydrogen (secondary N) is 1. The van der Waals surface area contributed by atoms with E-state index in [1.165, 1.54) is 54.7 Å². The van der Waals surface area contributed by atoms with Gasteiger partial charge in [-0.05, 0) is 26.4 Å². The van der Waals surface area contributed by atoms with Gasteiger partial charge in [0.2, 0.25) is 0 Å². The summed E-state index contributed by atoms with van der Waals surface area (Å²) in [6.07, 6.45) is 1.19. The standard InChI is InChI=1S/C15H28N4S/c1-4-6-16-11-14-13(3)17-15(20-14)12-19-9-7-18(5-2)8-10-19/h16H,4-12H2,1-3H3. The molecule has 1 saturated heterocycles. The molecule has 2 heterocycles. The molecule has 1 fully saturated rings. The predicted octanol–water partition coefficient (Wildman–Crippen LogP) is 2.09. The van der Waals surface area contributed by atoms with Crippen molar-refractivity contribution in [2.45, 2.75) is 40.3 Å². The molecule has 0 saturated carbocycles. The summed E-state index contributed by atoms with van der Waals surface area (Å²) >= 11 is 1.88. The van der Waals surface area contributed by atoms with Crippen molar-refractivity contribution < 1.29 is 0 Å². The number of nitrogens with zero attached hydrogens (tertiary/aromatic N) is 3. The van der Waals surface area contributed by atoms with Crippen LogP contribution in [0.3, 0.4) is 0 Å². The first-order valence-corrected chi connectivity index (χ1v) is 8.65. The summed E-state index contributed by atoms with van der Waals surface area (Å²) in [7, 11) is 0. The van der Waals surface area contributed by atoms with Crippen molar-refractivity contribution in [3.8, 4) is 0 Å². The van der Waals surface area contributed by atoms with E-state index < -0.39 is 0 Å². The minimum atomic E-state index is 0.973. The van der Waals surface area contributed by atoms with Crippen LogP contribution in [-0.4, -0.2) is 54.1 Å². The van der Waals surface area contributed by atoms with Gasteiger partial charge in [-0.25, -0.2) is 4.98 Å². The molecule has 0 radical (unpaired) electrons. The Kier molecular flexibility index (Phi) is 6.42. The smallest absolute Gasteiger partial charge is 0.107 e. The van der Waals surface area contributed by atoms with Gasteiger partial charge in [0.25, 0.3) is 0 Å². The highest BCUT2D eigenvalue weighted by atomic mass is 32.1. The Morgan fingerprint density at radius 3 is 2.50 bits per heavy atom. The molecule has 0 spiro atoms. The van der Waals surface area contributed by atoms with Gasteiger partial charge in [0.15, 0.2) is 0 Å². The monoisotopic (exact) mass is 296 g/mol. The second-order valence-corrected chi connectivity index (χ2v) is 6.67. The molecule has 1 aromatic rings. The molecule has 0 bridgehead atoms. The summed E-state index contributed by atoms with van der Waals surface area (Å²) in [6.45, 7) is 15.6. The normalized spacial score (nSPS) is 17.8. The molecule has 1 aromatic heterocycles. The number of likely N-dealkylation sites (N-methyl/N-ethyl adjacent to an activating group) is 1. The van der Waals surface area contributed by atoms with E-state index >= 15 is 0 Å². The van der Waals surface area contributed by atoms with E-state index in [9.17, 15) is 0 Å². The van der Waals surface area contributed by atoms with E-state index in [4.69, 9.17) is 4.98 Å². The summed E-state index contributed by atoms with van der Waals surface area (Å²) in [5, 5.41) is 4.75. The maximum Gasteiger partial charge on any atom is 0.107 e. The highest BCUT2D eigenvalue weighted by molar-refractivity contribution is 7.11. The molecular weight excluding hydrogens is 268 g/mol. The molecule has 1 N–H and O–H groups in total. The van der Waals surface area contributed by atoms with Crippen LogP contribution >= 0.6 is 11.3 Å². The zero-order valence-corrected chi connectivity index (χ0v) is 13.9. The van der Waals surface area contributed by atoms with E-state index in [1.54, 1.807) is 0 Å². The van der Waals surface area contributed by atoms with Crippen LogP contribution in [0.1, 0.15) is 35.8 Å². The summed E-state index contributed by atoms with van der Waals surface area (Å²) in [5.74, 6) is 0. The summed E-state index contributed by atoms with van der Waals surface area (Å²) in [6, 6.07) is 0. The Bertz CT molecular complexity index is 397. The SMILES string of the molecule is CCCNCc1sc(CN2CCN(CC)CC2)nc1C. The highest BCUT2D eigenvalue weighted by Gasteiger charge is 2.17. The topological polar surface area (TPSA) is 31.4 Å². The average Bonchev–Trinajstić information content (AvgIpc) is 2.80. The predicted molar refractivity (Wildman–Crippen MR) is 86.2 cm³/mol. The Hall–Kier alpha value is -0.490. The van der Waals surface area contributed by atoms with Crippen LogP contribution in [-0.2, 0) is 13.1 Å². The third kappa shape index (κ3) is 4.52. The zero-order chi connectivity index (χ0) is 14.4. The van der Waals surface area contributed by atoms with Gasteiger partial charge in [-0.3, -0.25) is 4.90 Å². The lowest BCUT2D eigenvalue weighted by Gasteiger charge is -2.33. The van der Waals surface area contributed by atoms with Gasteiger partial charge in [0, 0.05) is 37.6 Å². The third-order valence-corrected chi connectivity index (χ3v) is 5.06. The van der Waals surface area contributed by atoms with Gasteiger partial charge in [0.05, 0.1) is 12.2 Å². The molecule has 0 aromatic carbocycles. The number of aromatic nitrogens is 1. The minimum absolute atomic E-state index is 0.973. The molecule has 5 heteroatoms. The molecule has 0 amide bonds. The number of hydrogen-bond acceptors (Lipinski definition) is 5. The molecule has 114 valence electrons. The second kappa shape index (κ2) is 8.08. The molecule has 20 heavy (non-hydrogen) atoms. The lowest BCUT2D eigenvalue weighted by Crippen LogP contribution is -2.45. The van der Waals surface area contributed by atoms with Crippen molar-refractivity contribution in [2.24, 2.45) is 0 Å². The number of piperazine rings is 1. The van der Waals surface area contributed by atoms with Crippen LogP contribution in [0.5, 0.6) is 0 Å². The Balaban J connectivity index is 1.82. The van der Waals surface area contributed by atoms with Gasteiger partial charge in [-0.1, -0.05) is 13.8 Å². The molecular formula is C15H28N4S. The first-order valence-electron chi connectivity index (χ1n) is 7.83. The van der Waals surface area contributed by atoms with Crippen LogP contribution in [0.2, 0.25) is 0 Å². The van der Waals surface area contributed by atoms with Crippen LogP contribution in [0.25, 0.3) is 0 Å². The zero-order valence-electron chi connectivity index (χ0n) is 13.1. The first-order chi connectivity index (χ1) is 9.72. The third-order valence-electron chi connectivity index (χ3n) is 3.92. The van der Waals surface area contributed by atoms with Gasteiger partial charge < -0.3 is 10.2 Å². The van der Waals surface area contributed by atoms with E-state index in [2.05, 4.69) is 35.9 Å². The molecule has 1 aliphatic rings. The molecule has 0 atom stereocenters. The number of rotatable bonds is 7. The Morgan fingerprint density at radius 1 is 1.15 bits per heavy atom. The highest BCUT2D eigenvalue weighted by Crippen LogP contribution is 2.20. The van der Waals surface area contributed by atoms with Crippen molar-refractivity contribution in [1.82, 2.24) is 20.1 Å². The maximum absolute atomic E-state index is 4.75. The van der Waals surface area contributed by atoms with E-state index in [0.29, 0.717) is 0 Å². The second-order valence-electron chi connectivity index (χ2n) is 5.50. The van der Waals surface area contributed by atoms with E-state index in [1.807, 2.05) is 11.3 Å². The summed E-state index contributed by atoms with van der Waals surface area (Å²) in [4.78, 5) is 11.2. The number of hydrogen-bond donors (Lipinski definition) is 1. The number of thiazole rings is 1.